The first-order valence-electron chi connectivity index (χ1n) is 10.5. The van der Waals surface area contributed by atoms with Crippen molar-refractivity contribution in [3.05, 3.63) is 65.7 Å². The molecule has 6 rings (SSSR count). The fourth-order valence-corrected chi connectivity index (χ4v) is 5.66. The van der Waals surface area contributed by atoms with E-state index in [9.17, 15) is 9.59 Å². The molecule has 29 heavy (non-hydrogen) atoms. The Labute approximate surface area is 171 Å². The Kier molecular flexibility index (Phi) is 4.34. The molecule has 3 fully saturated rings. The van der Waals surface area contributed by atoms with Gasteiger partial charge < -0.3 is 15.5 Å². The monoisotopic (exact) mass is 389 g/mol. The van der Waals surface area contributed by atoms with Gasteiger partial charge in [-0.15, -0.1) is 0 Å². The predicted octanol–water partition coefficient (Wildman–Crippen LogP) is 3.63. The standard InChI is InChI=1S/C24H27N3O2/c1-27(15-16-7-3-2-4-8-16)23(29)20-13-18-12-11-17(20)14-24(18)25-21-10-6-5-9-19(21)22(28)26-24/h2-10,17-18,20,25H,11-15H2,1H3,(H,26,28)/t17-,18+,20+,24+/m0/s1. The van der Waals surface area contributed by atoms with E-state index in [1.54, 1.807) is 0 Å². The molecule has 2 aromatic carbocycles. The lowest BCUT2D eigenvalue weighted by molar-refractivity contribution is -0.142. The number of carbonyl (C=O) groups is 2. The van der Waals surface area contributed by atoms with Crippen molar-refractivity contribution in [2.75, 3.05) is 12.4 Å². The average molecular weight is 389 g/mol. The van der Waals surface area contributed by atoms with Gasteiger partial charge >= 0.3 is 0 Å². The van der Waals surface area contributed by atoms with Gasteiger partial charge in [0.25, 0.3) is 5.91 Å². The number of carbonyl (C=O) groups excluding carboxylic acids is 2. The van der Waals surface area contributed by atoms with Gasteiger partial charge in [0.2, 0.25) is 5.91 Å². The Bertz CT molecular complexity index is 944. The summed E-state index contributed by atoms with van der Waals surface area (Å²) < 4.78 is 0. The third kappa shape index (κ3) is 3.09. The second-order valence-corrected chi connectivity index (χ2v) is 8.86. The summed E-state index contributed by atoms with van der Waals surface area (Å²) in [7, 11) is 1.91. The van der Waals surface area contributed by atoms with Crippen LogP contribution in [0, 0.1) is 17.8 Å². The van der Waals surface area contributed by atoms with E-state index in [4.69, 9.17) is 0 Å². The molecule has 2 aromatic rings. The van der Waals surface area contributed by atoms with Crippen molar-refractivity contribution in [2.24, 2.45) is 17.8 Å². The molecule has 1 heterocycles. The number of fused-ring (bicyclic) bond motifs is 3. The minimum atomic E-state index is -0.414. The fourth-order valence-electron chi connectivity index (χ4n) is 5.66. The Morgan fingerprint density at radius 3 is 2.59 bits per heavy atom. The van der Waals surface area contributed by atoms with Crippen LogP contribution in [-0.4, -0.2) is 29.4 Å². The summed E-state index contributed by atoms with van der Waals surface area (Å²) in [4.78, 5) is 27.9. The molecule has 0 radical (unpaired) electrons. The molecular weight excluding hydrogens is 362 g/mol. The van der Waals surface area contributed by atoms with Crippen LogP contribution in [0.4, 0.5) is 5.69 Å². The van der Waals surface area contributed by atoms with Gasteiger partial charge in [-0.25, -0.2) is 0 Å². The van der Waals surface area contributed by atoms with Crippen LogP contribution in [0.15, 0.2) is 54.6 Å². The second kappa shape index (κ2) is 6.90. The molecule has 5 nitrogen and oxygen atoms in total. The van der Waals surface area contributed by atoms with E-state index in [0.717, 1.165) is 36.9 Å². The Morgan fingerprint density at radius 2 is 1.83 bits per heavy atom. The van der Waals surface area contributed by atoms with E-state index in [-0.39, 0.29) is 23.7 Å². The lowest BCUT2D eigenvalue weighted by atomic mass is 9.58. The van der Waals surface area contributed by atoms with Gasteiger partial charge in [0, 0.05) is 31.1 Å². The zero-order valence-electron chi connectivity index (χ0n) is 16.7. The highest BCUT2D eigenvalue weighted by molar-refractivity contribution is 6.02. The summed E-state index contributed by atoms with van der Waals surface area (Å²) in [6.45, 7) is 0.640. The molecule has 4 atom stereocenters. The fraction of sp³-hybridized carbons (Fsp3) is 0.417. The van der Waals surface area contributed by atoms with Gasteiger partial charge in [0.15, 0.2) is 0 Å². The lowest BCUT2D eigenvalue weighted by Gasteiger charge is -2.56. The molecule has 0 unspecified atom stereocenters. The highest BCUT2D eigenvalue weighted by Gasteiger charge is 2.55. The van der Waals surface area contributed by atoms with Crippen molar-refractivity contribution < 1.29 is 9.59 Å². The minimum Gasteiger partial charge on any atom is -0.362 e. The van der Waals surface area contributed by atoms with E-state index < -0.39 is 5.66 Å². The van der Waals surface area contributed by atoms with Gasteiger partial charge in [-0.3, -0.25) is 9.59 Å². The number of nitrogens with one attached hydrogen (secondary N) is 2. The third-order valence-electron chi connectivity index (χ3n) is 7.10. The van der Waals surface area contributed by atoms with Crippen molar-refractivity contribution in [1.29, 1.82) is 0 Å². The number of rotatable bonds is 3. The van der Waals surface area contributed by atoms with Gasteiger partial charge in [0.05, 0.1) is 5.56 Å². The molecule has 150 valence electrons. The van der Waals surface area contributed by atoms with Crippen LogP contribution in [0.25, 0.3) is 0 Å². The zero-order chi connectivity index (χ0) is 20.0. The van der Waals surface area contributed by atoms with Gasteiger partial charge in [-0.2, -0.15) is 0 Å². The average Bonchev–Trinajstić information content (AvgIpc) is 2.74. The second-order valence-electron chi connectivity index (χ2n) is 8.86. The molecule has 3 aliphatic carbocycles. The van der Waals surface area contributed by atoms with Crippen molar-refractivity contribution in [1.82, 2.24) is 10.2 Å². The third-order valence-corrected chi connectivity index (χ3v) is 7.10. The first kappa shape index (κ1) is 18.2. The quantitative estimate of drug-likeness (QED) is 0.843. The maximum Gasteiger partial charge on any atom is 0.255 e. The van der Waals surface area contributed by atoms with Crippen molar-refractivity contribution >= 4 is 17.5 Å². The SMILES string of the molecule is CN(Cc1ccccc1)C(=O)[C@@H]1C[C@H]2CC[C@H]1C[C@@]21NC(=O)c2ccccc2N1. The minimum absolute atomic E-state index is 0.00373. The maximum atomic E-state index is 13.2. The molecule has 2 amide bonds. The summed E-state index contributed by atoms with van der Waals surface area (Å²) in [5, 5.41) is 6.92. The number of para-hydroxylation sites is 1. The smallest absolute Gasteiger partial charge is 0.255 e. The molecule has 5 heteroatoms. The first-order valence-corrected chi connectivity index (χ1v) is 10.5. The molecule has 2 N–H and O–H groups in total. The normalized spacial score (nSPS) is 29.7. The van der Waals surface area contributed by atoms with Gasteiger partial charge in [-0.1, -0.05) is 42.5 Å². The van der Waals surface area contributed by atoms with E-state index in [1.165, 1.54) is 0 Å². The number of anilines is 1. The van der Waals surface area contributed by atoms with Crippen LogP contribution in [0.5, 0.6) is 0 Å². The van der Waals surface area contributed by atoms with Crippen LogP contribution < -0.4 is 10.6 Å². The number of amides is 2. The van der Waals surface area contributed by atoms with Crippen LogP contribution in [0.2, 0.25) is 0 Å². The first-order chi connectivity index (χ1) is 14.1. The molecule has 4 aliphatic rings. The molecule has 1 aliphatic heterocycles. The van der Waals surface area contributed by atoms with Crippen molar-refractivity contribution in [3.63, 3.8) is 0 Å². The summed E-state index contributed by atoms with van der Waals surface area (Å²) in [6, 6.07) is 17.8. The number of hydrogen-bond donors (Lipinski definition) is 2. The van der Waals surface area contributed by atoms with Crippen LogP contribution >= 0.6 is 0 Å². The molecule has 1 spiro atoms. The zero-order valence-corrected chi connectivity index (χ0v) is 16.7. The van der Waals surface area contributed by atoms with E-state index in [0.29, 0.717) is 18.0 Å². The van der Waals surface area contributed by atoms with Crippen LogP contribution in [-0.2, 0) is 11.3 Å². The number of nitrogens with zero attached hydrogens (tertiary/aromatic N) is 1. The highest BCUT2D eigenvalue weighted by Crippen LogP contribution is 2.52. The largest absolute Gasteiger partial charge is 0.362 e. The molecule has 3 saturated carbocycles. The topological polar surface area (TPSA) is 61.4 Å². The summed E-state index contributed by atoms with van der Waals surface area (Å²) in [5.74, 6) is 0.841. The predicted molar refractivity (Wildman–Crippen MR) is 112 cm³/mol. The van der Waals surface area contributed by atoms with Gasteiger partial charge in [-0.05, 0) is 49.3 Å². The van der Waals surface area contributed by atoms with Gasteiger partial charge in [0.1, 0.15) is 5.66 Å². The lowest BCUT2D eigenvalue weighted by Crippen LogP contribution is -2.68. The van der Waals surface area contributed by atoms with E-state index >= 15 is 0 Å². The molecule has 2 bridgehead atoms. The Morgan fingerprint density at radius 1 is 1.07 bits per heavy atom. The maximum absolute atomic E-state index is 13.2. The van der Waals surface area contributed by atoms with E-state index in [1.807, 2.05) is 54.4 Å². The Hall–Kier alpha value is -2.82. The molecule has 0 saturated heterocycles. The van der Waals surface area contributed by atoms with E-state index in [2.05, 4.69) is 22.8 Å². The summed E-state index contributed by atoms with van der Waals surface area (Å²) in [5.41, 5.74) is 2.35. The summed E-state index contributed by atoms with van der Waals surface area (Å²) >= 11 is 0. The number of benzene rings is 2. The Balaban J connectivity index is 1.33. The van der Waals surface area contributed by atoms with Crippen LogP contribution in [0.3, 0.4) is 0 Å². The molecular formula is C24H27N3O2. The van der Waals surface area contributed by atoms with Crippen molar-refractivity contribution in [3.8, 4) is 0 Å². The van der Waals surface area contributed by atoms with Crippen molar-refractivity contribution in [2.45, 2.75) is 37.9 Å². The summed E-state index contributed by atoms with van der Waals surface area (Å²) in [6.07, 6.45) is 3.75. The van der Waals surface area contributed by atoms with Crippen LogP contribution in [0.1, 0.15) is 41.6 Å². The number of hydrogen-bond acceptors (Lipinski definition) is 3. The highest BCUT2D eigenvalue weighted by atomic mass is 16.2. The molecule has 0 aromatic heterocycles.